The molecule has 0 fully saturated rings. The minimum atomic E-state index is 0.180. The zero-order valence-corrected chi connectivity index (χ0v) is 12.7. The van der Waals surface area contributed by atoms with Gasteiger partial charge in [-0.15, -0.1) is 0 Å². The van der Waals surface area contributed by atoms with Crippen molar-refractivity contribution in [1.29, 1.82) is 0 Å². The maximum Gasteiger partial charge on any atom is 0.150 e. The van der Waals surface area contributed by atoms with Gasteiger partial charge in [-0.2, -0.15) is 0 Å². The third-order valence-electron chi connectivity index (χ3n) is 4.09. The van der Waals surface area contributed by atoms with Gasteiger partial charge < -0.3 is 4.90 Å². The molecule has 0 saturated heterocycles. The molecule has 0 amide bonds. The maximum absolute atomic E-state index is 11.0. The summed E-state index contributed by atoms with van der Waals surface area (Å²) in [5, 5.41) is 0. The van der Waals surface area contributed by atoms with Crippen LogP contribution in [0.4, 0.5) is 5.69 Å². The van der Waals surface area contributed by atoms with Crippen molar-refractivity contribution in [3.63, 3.8) is 0 Å². The highest BCUT2D eigenvalue weighted by Gasteiger charge is 2.36. The van der Waals surface area contributed by atoms with Crippen molar-refractivity contribution in [1.82, 2.24) is 0 Å². The second-order valence-electron chi connectivity index (χ2n) is 6.86. The minimum absolute atomic E-state index is 0.180. The molecule has 0 aliphatic carbocycles. The Kier molecular flexibility index (Phi) is 3.71. The van der Waals surface area contributed by atoms with Crippen LogP contribution in [-0.2, 0) is 0 Å². The molecule has 2 heteroatoms. The van der Waals surface area contributed by atoms with Gasteiger partial charge in [0.2, 0.25) is 0 Å². The van der Waals surface area contributed by atoms with Crippen LogP contribution in [-0.4, -0.2) is 18.4 Å². The van der Waals surface area contributed by atoms with E-state index >= 15 is 0 Å². The van der Waals surface area contributed by atoms with E-state index in [1.807, 2.05) is 6.07 Å². The Bertz CT molecular complexity index is 476. The number of carbonyl (C=O) groups excluding carboxylic acids is 1. The lowest BCUT2D eigenvalue weighted by Crippen LogP contribution is -2.49. The van der Waals surface area contributed by atoms with Crippen LogP contribution in [0.5, 0.6) is 0 Å². The first-order valence-corrected chi connectivity index (χ1v) is 7.22. The van der Waals surface area contributed by atoms with Crippen molar-refractivity contribution in [3.05, 3.63) is 29.3 Å². The number of benzene rings is 1. The van der Waals surface area contributed by atoms with Gasteiger partial charge >= 0.3 is 0 Å². The van der Waals surface area contributed by atoms with Crippen molar-refractivity contribution >= 4 is 12.0 Å². The van der Waals surface area contributed by atoms with Crippen molar-refractivity contribution in [2.45, 2.75) is 52.5 Å². The van der Waals surface area contributed by atoms with E-state index in [9.17, 15) is 4.79 Å². The quantitative estimate of drug-likeness (QED) is 0.756. The number of fused-ring (bicyclic) bond motifs is 1. The molecule has 0 spiro atoms. The number of rotatable bonds is 3. The van der Waals surface area contributed by atoms with Crippen molar-refractivity contribution in [3.8, 4) is 0 Å². The molecule has 1 aromatic rings. The van der Waals surface area contributed by atoms with Gasteiger partial charge in [0, 0.05) is 23.3 Å². The molecular formula is C17H25NO. The minimum Gasteiger partial charge on any atom is -0.366 e. The van der Waals surface area contributed by atoms with E-state index in [1.165, 1.54) is 11.3 Å². The third kappa shape index (κ3) is 2.68. The van der Waals surface area contributed by atoms with Crippen LogP contribution in [0.25, 0.3) is 0 Å². The summed E-state index contributed by atoms with van der Waals surface area (Å²) in [6, 6.07) is 6.13. The number of hydrogen-bond acceptors (Lipinski definition) is 2. The van der Waals surface area contributed by atoms with Crippen LogP contribution in [0.1, 0.15) is 62.9 Å². The summed E-state index contributed by atoms with van der Waals surface area (Å²) in [4.78, 5) is 13.5. The SMILES string of the molecule is CC(C)CN1c2ccc(C=O)cc2C(C)CC1(C)C. The van der Waals surface area contributed by atoms with Crippen LogP contribution in [0.2, 0.25) is 0 Å². The third-order valence-corrected chi connectivity index (χ3v) is 4.09. The predicted octanol–water partition coefficient (Wildman–Crippen LogP) is 4.25. The number of aldehydes is 1. The normalized spacial score (nSPS) is 21.4. The maximum atomic E-state index is 11.0. The van der Waals surface area contributed by atoms with Crippen molar-refractivity contribution < 1.29 is 4.79 Å². The lowest BCUT2D eigenvalue weighted by Gasteiger charge is -2.48. The van der Waals surface area contributed by atoms with E-state index in [1.54, 1.807) is 0 Å². The molecule has 0 saturated carbocycles. The summed E-state index contributed by atoms with van der Waals surface area (Å²) in [5.41, 5.74) is 3.60. The molecule has 0 radical (unpaired) electrons. The van der Waals surface area contributed by atoms with Crippen LogP contribution < -0.4 is 4.90 Å². The zero-order valence-electron chi connectivity index (χ0n) is 12.7. The van der Waals surface area contributed by atoms with Crippen LogP contribution in [0, 0.1) is 5.92 Å². The molecule has 2 rings (SSSR count). The number of carbonyl (C=O) groups is 1. The Hall–Kier alpha value is -1.31. The van der Waals surface area contributed by atoms with Gasteiger partial charge in [-0.3, -0.25) is 4.79 Å². The molecule has 0 aromatic heterocycles. The highest BCUT2D eigenvalue weighted by atomic mass is 16.1. The molecule has 1 aliphatic rings. The second-order valence-corrected chi connectivity index (χ2v) is 6.86. The standard InChI is InChI=1S/C17H25NO/c1-12(2)10-18-16-7-6-14(11-19)8-15(16)13(3)9-17(18,4)5/h6-8,11-13H,9-10H2,1-5H3. The molecule has 19 heavy (non-hydrogen) atoms. The molecule has 1 unspecified atom stereocenters. The number of hydrogen-bond donors (Lipinski definition) is 0. The Balaban J connectivity index is 2.49. The fourth-order valence-electron chi connectivity index (χ4n) is 3.29. The largest absolute Gasteiger partial charge is 0.366 e. The fraction of sp³-hybridized carbons (Fsp3) is 0.588. The van der Waals surface area contributed by atoms with Crippen LogP contribution in [0.15, 0.2) is 18.2 Å². The molecule has 1 heterocycles. The van der Waals surface area contributed by atoms with Gasteiger partial charge in [0.1, 0.15) is 6.29 Å². The van der Waals surface area contributed by atoms with Crippen molar-refractivity contribution in [2.75, 3.05) is 11.4 Å². The van der Waals surface area contributed by atoms with E-state index < -0.39 is 0 Å². The Morgan fingerprint density at radius 1 is 1.42 bits per heavy atom. The predicted molar refractivity (Wildman–Crippen MR) is 81.1 cm³/mol. The van der Waals surface area contributed by atoms with E-state index in [0.717, 1.165) is 24.8 Å². The molecule has 104 valence electrons. The first kappa shape index (κ1) is 14.1. The zero-order chi connectivity index (χ0) is 14.2. The van der Waals surface area contributed by atoms with Crippen LogP contribution >= 0.6 is 0 Å². The van der Waals surface area contributed by atoms with E-state index in [0.29, 0.717) is 11.8 Å². The fourth-order valence-corrected chi connectivity index (χ4v) is 3.29. The highest BCUT2D eigenvalue weighted by Crippen LogP contribution is 2.43. The van der Waals surface area contributed by atoms with Gasteiger partial charge in [-0.25, -0.2) is 0 Å². The molecular weight excluding hydrogens is 234 g/mol. The first-order chi connectivity index (χ1) is 8.85. The summed E-state index contributed by atoms with van der Waals surface area (Å²) in [5.74, 6) is 1.14. The van der Waals surface area contributed by atoms with Gasteiger partial charge in [-0.1, -0.05) is 20.8 Å². The van der Waals surface area contributed by atoms with E-state index in [-0.39, 0.29) is 5.54 Å². The monoisotopic (exact) mass is 259 g/mol. The summed E-state index contributed by atoms with van der Waals surface area (Å²) >= 11 is 0. The Morgan fingerprint density at radius 3 is 2.68 bits per heavy atom. The topological polar surface area (TPSA) is 20.3 Å². The molecule has 0 bridgehead atoms. The van der Waals surface area contributed by atoms with E-state index in [2.05, 4.69) is 51.7 Å². The lowest BCUT2D eigenvalue weighted by atomic mass is 9.79. The van der Waals surface area contributed by atoms with Gasteiger partial charge in [0.05, 0.1) is 0 Å². The van der Waals surface area contributed by atoms with Gasteiger partial charge in [0.25, 0.3) is 0 Å². The summed E-state index contributed by atoms with van der Waals surface area (Å²) in [6.07, 6.45) is 2.08. The summed E-state index contributed by atoms with van der Waals surface area (Å²) in [7, 11) is 0. The second kappa shape index (κ2) is 4.99. The molecule has 2 nitrogen and oxygen atoms in total. The lowest BCUT2D eigenvalue weighted by molar-refractivity contribution is 0.112. The first-order valence-electron chi connectivity index (χ1n) is 7.22. The Labute approximate surface area is 116 Å². The molecule has 0 N–H and O–H groups in total. The summed E-state index contributed by atoms with van der Waals surface area (Å²) in [6.45, 7) is 12.5. The van der Waals surface area contributed by atoms with Crippen LogP contribution in [0.3, 0.4) is 0 Å². The van der Waals surface area contributed by atoms with Gasteiger partial charge in [-0.05, 0) is 55.9 Å². The number of nitrogens with zero attached hydrogens (tertiary/aromatic N) is 1. The Morgan fingerprint density at radius 2 is 2.11 bits per heavy atom. The van der Waals surface area contributed by atoms with Crippen molar-refractivity contribution in [2.24, 2.45) is 5.92 Å². The van der Waals surface area contributed by atoms with Gasteiger partial charge in [0.15, 0.2) is 0 Å². The smallest absolute Gasteiger partial charge is 0.150 e. The summed E-state index contributed by atoms with van der Waals surface area (Å²) < 4.78 is 0. The van der Waals surface area contributed by atoms with E-state index in [4.69, 9.17) is 0 Å². The molecule has 1 aromatic carbocycles. The molecule has 1 aliphatic heterocycles. The number of anilines is 1. The average molecular weight is 259 g/mol. The highest BCUT2D eigenvalue weighted by molar-refractivity contribution is 5.77. The molecule has 1 atom stereocenters. The average Bonchev–Trinajstić information content (AvgIpc) is 2.33.